The van der Waals surface area contributed by atoms with E-state index in [4.69, 9.17) is 10.8 Å². The van der Waals surface area contributed by atoms with E-state index in [1.807, 2.05) is 0 Å². The summed E-state index contributed by atoms with van der Waals surface area (Å²) in [6.45, 7) is 0.319. The van der Waals surface area contributed by atoms with E-state index in [1.165, 1.54) is 6.07 Å². The molecule has 5 N–H and O–H groups in total. The number of aromatic carboxylic acids is 1. The van der Waals surface area contributed by atoms with Crippen LogP contribution < -0.4 is 5.73 Å². The van der Waals surface area contributed by atoms with Gasteiger partial charge in [-0.25, -0.2) is 4.79 Å². The molecule has 0 atom stereocenters. The monoisotopic (exact) mass is 233 g/mol. The highest BCUT2D eigenvalue weighted by Gasteiger charge is 2.13. The first-order chi connectivity index (χ1) is 6.56. The number of nitrogens with two attached hydrogens (primary N) is 1. The second kappa shape index (κ2) is 5.43. The van der Waals surface area contributed by atoms with Crippen LogP contribution in [0.25, 0.3) is 0 Å². The molecule has 0 heterocycles. The average molecular weight is 234 g/mol. The third-order valence-electron chi connectivity index (χ3n) is 1.84. The molecule has 0 radical (unpaired) electrons. The van der Waals surface area contributed by atoms with E-state index in [0.717, 1.165) is 6.07 Å². The number of hydrogen-bond acceptors (Lipinski definition) is 4. The number of rotatable bonds is 3. The Labute approximate surface area is 92.6 Å². The average Bonchev–Trinajstić information content (AvgIpc) is 2.10. The molecule has 0 aromatic heterocycles. The first kappa shape index (κ1) is 13.5. The summed E-state index contributed by atoms with van der Waals surface area (Å²) in [5.41, 5.74) is 5.39. The van der Waals surface area contributed by atoms with Crippen LogP contribution in [0.3, 0.4) is 0 Å². The summed E-state index contributed by atoms with van der Waals surface area (Å²) in [7, 11) is 0. The molecule has 1 aromatic carbocycles. The maximum Gasteiger partial charge on any atom is 0.339 e. The number of aromatic hydroxyl groups is 2. The molecule has 1 aromatic rings. The van der Waals surface area contributed by atoms with Crippen molar-refractivity contribution in [2.24, 2.45) is 5.73 Å². The first-order valence-corrected chi connectivity index (χ1v) is 4.04. The van der Waals surface area contributed by atoms with Gasteiger partial charge in [0.05, 0.1) is 0 Å². The summed E-state index contributed by atoms with van der Waals surface area (Å²) in [4.78, 5) is 10.5. The Balaban J connectivity index is 0.00000196. The summed E-state index contributed by atoms with van der Waals surface area (Å²) in [6.07, 6.45) is 0.388. The Kier molecular flexibility index (Phi) is 4.90. The second-order valence-corrected chi connectivity index (χ2v) is 2.84. The van der Waals surface area contributed by atoms with Crippen LogP contribution in [0.4, 0.5) is 0 Å². The molecule has 0 fully saturated rings. The predicted molar refractivity (Wildman–Crippen MR) is 56.7 cm³/mol. The maximum absolute atomic E-state index is 10.5. The largest absolute Gasteiger partial charge is 0.508 e. The van der Waals surface area contributed by atoms with Crippen LogP contribution in [-0.2, 0) is 6.42 Å². The minimum absolute atomic E-state index is 0. The van der Waals surface area contributed by atoms with Crippen molar-refractivity contribution >= 4 is 18.4 Å². The van der Waals surface area contributed by atoms with Crippen molar-refractivity contribution in [3.05, 3.63) is 23.3 Å². The molecule has 84 valence electrons. The van der Waals surface area contributed by atoms with Crippen molar-refractivity contribution < 1.29 is 20.1 Å². The smallest absolute Gasteiger partial charge is 0.339 e. The normalized spacial score (nSPS) is 9.40. The number of carboxylic acids is 1. The SMILES string of the molecule is Cl.NCCc1cc(O)c(C(=O)O)cc1O. The summed E-state index contributed by atoms with van der Waals surface area (Å²) in [6, 6.07) is 2.23. The number of phenols is 2. The van der Waals surface area contributed by atoms with Gasteiger partial charge in [-0.3, -0.25) is 0 Å². The highest BCUT2D eigenvalue weighted by Crippen LogP contribution is 2.27. The molecule has 0 bridgehead atoms. The number of carbonyl (C=O) groups is 1. The molecule has 0 unspecified atom stereocenters. The zero-order chi connectivity index (χ0) is 10.7. The van der Waals surface area contributed by atoms with Gasteiger partial charge >= 0.3 is 5.97 Å². The Morgan fingerprint density at radius 3 is 2.33 bits per heavy atom. The number of hydrogen-bond donors (Lipinski definition) is 4. The lowest BCUT2D eigenvalue weighted by Gasteiger charge is -2.06. The van der Waals surface area contributed by atoms with Crippen molar-refractivity contribution in [1.29, 1.82) is 0 Å². The van der Waals surface area contributed by atoms with Crippen molar-refractivity contribution in [3.8, 4) is 11.5 Å². The zero-order valence-corrected chi connectivity index (χ0v) is 8.62. The molecule has 0 aliphatic heterocycles. The minimum atomic E-state index is -1.28. The highest BCUT2D eigenvalue weighted by molar-refractivity contribution is 5.91. The van der Waals surface area contributed by atoms with Crippen LogP contribution in [0.15, 0.2) is 12.1 Å². The van der Waals surface area contributed by atoms with E-state index in [1.54, 1.807) is 0 Å². The molecule has 0 aliphatic rings. The van der Waals surface area contributed by atoms with E-state index >= 15 is 0 Å². The van der Waals surface area contributed by atoms with Crippen LogP contribution in [0.1, 0.15) is 15.9 Å². The molecule has 5 nitrogen and oxygen atoms in total. The third kappa shape index (κ3) is 3.00. The van der Waals surface area contributed by atoms with E-state index < -0.39 is 5.97 Å². The van der Waals surface area contributed by atoms with Crippen LogP contribution in [0.5, 0.6) is 11.5 Å². The molecule has 6 heteroatoms. The molecule has 0 aliphatic carbocycles. The molecule has 15 heavy (non-hydrogen) atoms. The fourth-order valence-electron chi connectivity index (χ4n) is 1.15. The van der Waals surface area contributed by atoms with Crippen LogP contribution in [0.2, 0.25) is 0 Å². The summed E-state index contributed by atoms with van der Waals surface area (Å²) < 4.78 is 0. The first-order valence-electron chi connectivity index (χ1n) is 4.04. The quantitative estimate of drug-likeness (QED) is 0.576. The Bertz CT molecular complexity index is 367. The third-order valence-corrected chi connectivity index (χ3v) is 1.84. The number of phenolic OH excluding ortho intramolecular Hbond substituents is 1. The van der Waals surface area contributed by atoms with Crippen LogP contribution >= 0.6 is 12.4 Å². The van der Waals surface area contributed by atoms with E-state index in [-0.39, 0.29) is 29.5 Å². The molecule has 0 amide bonds. The van der Waals surface area contributed by atoms with Gasteiger partial charge in [-0.1, -0.05) is 0 Å². The molecule has 0 saturated carbocycles. The van der Waals surface area contributed by atoms with Gasteiger partial charge in [0, 0.05) is 0 Å². The number of benzene rings is 1. The van der Waals surface area contributed by atoms with E-state index in [0.29, 0.717) is 18.5 Å². The van der Waals surface area contributed by atoms with Crippen molar-refractivity contribution in [2.75, 3.05) is 6.54 Å². The standard InChI is InChI=1S/C9H11NO4.ClH/c10-2-1-5-3-8(12)6(9(13)14)4-7(5)11;/h3-4,11-12H,1-2,10H2,(H,13,14);1H. The second-order valence-electron chi connectivity index (χ2n) is 2.84. The van der Waals surface area contributed by atoms with Crippen LogP contribution in [0, 0.1) is 0 Å². The molecule has 0 saturated heterocycles. The molecule has 0 spiro atoms. The van der Waals surface area contributed by atoms with E-state index in [2.05, 4.69) is 0 Å². The van der Waals surface area contributed by atoms with Gasteiger partial charge in [-0.15, -0.1) is 12.4 Å². The number of carboxylic acid groups (broad SMARTS) is 1. The Morgan fingerprint density at radius 1 is 1.27 bits per heavy atom. The van der Waals surface area contributed by atoms with Gasteiger partial charge in [-0.05, 0) is 30.7 Å². The number of halogens is 1. The van der Waals surface area contributed by atoms with Gasteiger partial charge in [0.25, 0.3) is 0 Å². The van der Waals surface area contributed by atoms with Gasteiger partial charge in [0.15, 0.2) is 0 Å². The van der Waals surface area contributed by atoms with Gasteiger partial charge in [0.2, 0.25) is 0 Å². The highest BCUT2D eigenvalue weighted by atomic mass is 35.5. The zero-order valence-electron chi connectivity index (χ0n) is 7.80. The lowest BCUT2D eigenvalue weighted by Crippen LogP contribution is -2.04. The Hall–Kier alpha value is -1.46. The van der Waals surface area contributed by atoms with Gasteiger partial charge < -0.3 is 21.1 Å². The summed E-state index contributed by atoms with van der Waals surface area (Å²) in [5, 5.41) is 27.3. The van der Waals surface area contributed by atoms with Crippen molar-refractivity contribution in [2.45, 2.75) is 6.42 Å². The topological polar surface area (TPSA) is 104 Å². The fraction of sp³-hybridized carbons (Fsp3) is 0.222. The summed E-state index contributed by atoms with van der Waals surface area (Å²) in [5.74, 6) is -1.80. The van der Waals surface area contributed by atoms with Gasteiger partial charge in [-0.2, -0.15) is 0 Å². The predicted octanol–water partition coefficient (Wildman–Crippen LogP) is 0.719. The fourth-order valence-corrected chi connectivity index (χ4v) is 1.15. The maximum atomic E-state index is 10.5. The van der Waals surface area contributed by atoms with Crippen LogP contribution in [-0.4, -0.2) is 27.8 Å². The van der Waals surface area contributed by atoms with E-state index in [9.17, 15) is 15.0 Å². The van der Waals surface area contributed by atoms with Crippen molar-refractivity contribution in [1.82, 2.24) is 0 Å². The lowest BCUT2D eigenvalue weighted by molar-refractivity contribution is 0.0693. The Morgan fingerprint density at radius 2 is 1.87 bits per heavy atom. The molecular weight excluding hydrogens is 222 g/mol. The summed E-state index contributed by atoms with van der Waals surface area (Å²) >= 11 is 0. The molecule has 1 rings (SSSR count). The minimum Gasteiger partial charge on any atom is -0.508 e. The lowest BCUT2D eigenvalue weighted by atomic mass is 10.1. The molecular formula is C9H12ClNO4. The van der Waals surface area contributed by atoms with Gasteiger partial charge in [0.1, 0.15) is 17.1 Å². The van der Waals surface area contributed by atoms with Crippen molar-refractivity contribution in [3.63, 3.8) is 0 Å².